The van der Waals surface area contributed by atoms with Gasteiger partial charge in [-0.05, 0) is 37.1 Å². The lowest BCUT2D eigenvalue weighted by Crippen LogP contribution is -2.66. The molecular weight excluding hydrogens is 304 g/mol. The zero-order valence-corrected chi connectivity index (χ0v) is 13.2. The lowest BCUT2D eigenvalue weighted by molar-refractivity contribution is 0.0588. The minimum absolute atomic E-state index is 0.100. The maximum Gasteiger partial charge on any atom is 0.272 e. The Morgan fingerprint density at radius 3 is 2.79 bits per heavy atom. The molecule has 2 N–H and O–H groups in total. The van der Waals surface area contributed by atoms with E-state index < -0.39 is 5.66 Å². The molecule has 6 heteroatoms. The van der Waals surface area contributed by atoms with Crippen LogP contribution in [0.1, 0.15) is 33.7 Å². The molecule has 1 spiro atoms. The standard InChI is InChI=1S/C18H18N4O2/c23-16-13-6-1-2-7-14(13)20-18(21-16)9-5-11-22(12-18)17(24)15-8-3-4-10-19-15/h1-4,6-8,10,20H,5,9,11-12H2,(H,21,23)/t18-/m0/s1. The number of likely N-dealkylation sites (tertiary alicyclic amines) is 1. The molecular formula is C18H18N4O2. The van der Waals surface area contributed by atoms with E-state index in [9.17, 15) is 9.59 Å². The fourth-order valence-electron chi connectivity index (χ4n) is 3.45. The van der Waals surface area contributed by atoms with Crippen molar-refractivity contribution in [2.45, 2.75) is 18.5 Å². The topological polar surface area (TPSA) is 74.3 Å². The Morgan fingerprint density at radius 1 is 1.12 bits per heavy atom. The van der Waals surface area contributed by atoms with Gasteiger partial charge in [0.15, 0.2) is 0 Å². The van der Waals surface area contributed by atoms with Crippen molar-refractivity contribution in [3.05, 3.63) is 59.9 Å². The number of para-hydroxylation sites is 1. The van der Waals surface area contributed by atoms with E-state index in [0.717, 1.165) is 18.5 Å². The summed E-state index contributed by atoms with van der Waals surface area (Å²) >= 11 is 0. The van der Waals surface area contributed by atoms with Crippen LogP contribution in [0.5, 0.6) is 0 Å². The molecule has 1 saturated heterocycles. The van der Waals surface area contributed by atoms with E-state index in [1.54, 1.807) is 35.4 Å². The quantitative estimate of drug-likeness (QED) is 0.840. The molecule has 0 aliphatic carbocycles. The summed E-state index contributed by atoms with van der Waals surface area (Å²) in [5.74, 6) is -0.207. The Bertz CT molecular complexity index is 793. The molecule has 0 bridgehead atoms. The normalized spacial score (nSPS) is 22.5. The average Bonchev–Trinajstić information content (AvgIpc) is 2.62. The van der Waals surface area contributed by atoms with Crippen molar-refractivity contribution in [3.63, 3.8) is 0 Å². The Hall–Kier alpha value is -2.89. The van der Waals surface area contributed by atoms with Crippen LogP contribution in [-0.4, -0.2) is 40.5 Å². The highest BCUT2D eigenvalue weighted by atomic mass is 16.2. The van der Waals surface area contributed by atoms with Gasteiger partial charge in [0.05, 0.1) is 12.1 Å². The van der Waals surface area contributed by atoms with Gasteiger partial charge >= 0.3 is 0 Å². The monoisotopic (exact) mass is 322 g/mol. The maximum absolute atomic E-state index is 12.7. The third kappa shape index (κ3) is 2.50. The molecule has 2 aromatic rings. The fourth-order valence-corrected chi connectivity index (χ4v) is 3.45. The number of rotatable bonds is 1. The molecule has 122 valence electrons. The third-order valence-corrected chi connectivity index (χ3v) is 4.56. The van der Waals surface area contributed by atoms with Crippen molar-refractivity contribution in [2.75, 3.05) is 18.4 Å². The number of benzene rings is 1. The second-order valence-corrected chi connectivity index (χ2v) is 6.25. The Labute approximate surface area is 139 Å². The van der Waals surface area contributed by atoms with Crippen LogP contribution in [-0.2, 0) is 0 Å². The van der Waals surface area contributed by atoms with Gasteiger partial charge in [0, 0.05) is 18.4 Å². The average molecular weight is 322 g/mol. The first-order chi connectivity index (χ1) is 11.7. The summed E-state index contributed by atoms with van der Waals surface area (Å²) in [6.45, 7) is 1.08. The fraction of sp³-hybridized carbons (Fsp3) is 0.278. The van der Waals surface area contributed by atoms with Gasteiger partial charge in [-0.2, -0.15) is 0 Å². The minimum Gasteiger partial charge on any atom is -0.361 e. The van der Waals surface area contributed by atoms with E-state index in [1.807, 2.05) is 18.2 Å². The molecule has 0 saturated carbocycles. The van der Waals surface area contributed by atoms with Crippen molar-refractivity contribution in [2.24, 2.45) is 0 Å². The van der Waals surface area contributed by atoms with Crippen molar-refractivity contribution in [1.29, 1.82) is 0 Å². The molecule has 6 nitrogen and oxygen atoms in total. The number of hydrogen-bond acceptors (Lipinski definition) is 4. The number of carbonyl (C=O) groups excluding carboxylic acids is 2. The van der Waals surface area contributed by atoms with Crippen LogP contribution >= 0.6 is 0 Å². The number of hydrogen-bond donors (Lipinski definition) is 2. The molecule has 2 amide bonds. The molecule has 2 aliphatic heterocycles. The zero-order chi connectivity index (χ0) is 16.6. The lowest BCUT2D eigenvalue weighted by atomic mass is 9.93. The maximum atomic E-state index is 12.7. The molecule has 3 heterocycles. The molecule has 2 aliphatic rings. The van der Waals surface area contributed by atoms with E-state index in [2.05, 4.69) is 15.6 Å². The number of anilines is 1. The molecule has 0 radical (unpaired) electrons. The van der Waals surface area contributed by atoms with Gasteiger partial charge in [0.2, 0.25) is 0 Å². The van der Waals surface area contributed by atoms with Gasteiger partial charge in [-0.1, -0.05) is 18.2 Å². The third-order valence-electron chi connectivity index (χ3n) is 4.56. The van der Waals surface area contributed by atoms with Crippen LogP contribution < -0.4 is 10.6 Å². The molecule has 1 aromatic carbocycles. The Balaban J connectivity index is 1.59. The summed E-state index contributed by atoms with van der Waals surface area (Å²) in [6.07, 6.45) is 3.21. The van der Waals surface area contributed by atoms with Gasteiger partial charge < -0.3 is 15.5 Å². The molecule has 4 rings (SSSR count). The summed E-state index contributed by atoms with van der Waals surface area (Å²) in [7, 11) is 0. The largest absolute Gasteiger partial charge is 0.361 e. The highest BCUT2D eigenvalue weighted by Crippen LogP contribution is 2.30. The molecule has 1 aromatic heterocycles. The molecule has 0 unspecified atom stereocenters. The van der Waals surface area contributed by atoms with Crippen LogP contribution in [0.25, 0.3) is 0 Å². The number of piperidine rings is 1. The summed E-state index contributed by atoms with van der Waals surface area (Å²) in [4.78, 5) is 31.0. The number of amides is 2. The summed E-state index contributed by atoms with van der Waals surface area (Å²) in [6, 6.07) is 12.7. The van der Waals surface area contributed by atoms with Crippen molar-refractivity contribution < 1.29 is 9.59 Å². The van der Waals surface area contributed by atoms with Crippen molar-refractivity contribution in [1.82, 2.24) is 15.2 Å². The number of nitrogens with zero attached hydrogens (tertiary/aromatic N) is 2. The second-order valence-electron chi connectivity index (χ2n) is 6.25. The summed E-state index contributed by atoms with van der Waals surface area (Å²) in [5.41, 5.74) is 1.26. The van der Waals surface area contributed by atoms with Crippen LogP contribution in [0.4, 0.5) is 5.69 Å². The highest BCUT2D eigenvalue weighted by Gasteiger charge is 2.42. The van der Waals surface area contributed by atoms with Gasteiger partial charge in [0.25, 0.3) is 11.8 Å². The first-order valence-corrected chi connectivity index (χ1v) is 8.07. The number of carbonyl (C=O) groups is 2. The SMILES string of the molecule is O=C1N[C@]2(CCCN(C(=O)c3ccccn3)C2)Nc2ccccc21. The Kier molecular flexibility index (Phi) is 3.45. The Morgan fingerprint density at radius 2 is 1.96 bits per heavy atom. The first kappa shape index (κ1) is 14.7. The molecule has 24 heavy (non-hydrogen) atoms. The van der Waals surface area contributed by atoms with Gasteiger partial charge in [0.1, 0.15) is 11.4 Å². The number of pyridine rings is 1. The van der Waals surface area contributed by atoms with Crippen LogP contribution in [0.2, 0.25) is 0 Å². The van der Waals surface area contributed by atoms with Crippen LogP contribution in [0.15, 0.2) is 48.7 Å². The van der Waals surface area contributed by atoms with Gasteiger partial charge in [-0.25, -0.2) is 0 Å². The molecule has 1 atom stereocenters. The smallest absolute Gasteiger partial charge is 0.272 e. The second kappa shape index (κ2) is 5.63. The predicted octanol–water partition coefficient (Wildman–Crippen LogP) is 1.87. The number of nitrogens with one attached hydrogen (secondary N) is 2. The van der Waals surface area contributed by atoms with E-state index in [4.69, 9.17) is 0 Å². The summed E-state index contributed by atoms with van der Waals surface area (Å²) < 4.78 is 0. The van der Waals surface area contributed by atoms with Crippen molar-refractivity contribution >= 4 is 17.5 Å². The van der Waals surface area contributed by atoms with Gasteiger partial charge in [-0.15, -0.1) is 0 Å². The van der Waals surface area contributed by atoms with E-state index in [1.165, 1.54) is 0 Å². The number of fused-ring (bicyclic) bond motifs is 1. The highest BCUT2D eigenvalue weighted by molar-refractivity contribution is 6.02. The van der Waals surface area contributed by atoms with Crippen LogP contribution in [0.3, 0.4) is 0 Å². The number of aromatic nitrogens is 1. The van der Waals surface area contributed by atoms with E-state index in [0.29, 0.717) is 24.3 Å². The molecule has 1 fully saturated rings. The van der Waals surface area contributed by atoms with Crippen LogP contribution in [0, 0.1) is 0 Å². The minimum atomic E-state index is -0.617. The predicted molar refractivity (Wildman–Crippen MR) is 89.6 cm³/mol. The first-order valence-electron chi connectivity index (χ1n) is 8.07. The van der Waals surface area contributed by atoms with Gasteiger partial charge in [-0.3, -0.25) is 14.6 Å². The van der Waals surface area contributed by atoms with E-state index >= 15 is 0 Å². The van der Waals surface area contributed by atoms with Crippen molar-refractivity contribution in [3.8, 4) is 0 Å². The zero-order valence-electron chi connectivity index (χ0n) is 13.2. The summed E-state index contributed by atoms with van der Waals surface area (Å²) in [5, 5.41) is 6.49. The lowest BCUT2D eigenvalue weighted by Gasteiger charge is -2.46. The van der Waals surface area contributed by atoms with E-state index in [-0.39, 0.29) is 11.8 Å².